The van der Waals surface area contributed by atoms with E-state index in [1.807, 2.05) is 0 Å². The molecule has 0 aliphatic carbocycles. The van der Waals surface area contributed by atoms with Crippen LogP contribution >= 0.6 is 0 Å². The number of carbonyl (C=O) groups is 1. The molecule has 2 N–H and O–H groups in total. The van der Waals surface area contributed by atoms with E-state index < -0.39 is 16.9 Å². The Hall–Kier alpha value is -3.23. The number of nitrogens with zero attached hydrogens (tertiary/aromatic N) is 4. The van der Waals surface area contributed by atoms with Crippen LogP contribution < -0.4 is 5.43 Å². The standard InChI is InChI=1S/C15H17N5O4/c1-9-14(20(23)24)10(2)19(18-9)11(3)15(22)17-16-8-12-5-4-6-13(21)7-12/h4-8,11,21H,1-3H3,(H,17,22)/b16-8+. The predicted octanol–water partition coefficient (Wildman–Crippen LogP) is 1.83. The summed E-state index contributed by atoms with van der Waals surface area (Å²) in [5.74, 6) is -0.375. The molecule has 0 aliphatic rings. The van der Waals surface area contributed by atoms with E-state index in [0.29, 0.717) is 11.3 Å². The van der Waals surface area contributed by atoms with Crippen molar-refractivity contribution in [3.05, 3.63) is 51.3 Å². The summed E-state index contributed by atoms with van der Waals surface area (Å²) in [5.41, 5.74) is 3.42. The zero-order chi connectivity index (χ0) is 17.9. The number of benzene rings is 1. The van der Waals surface area contributed by atoms with E-state index in [1.165, 1.54) is 36.9 Å². The quantitative estimate of drug-likeness (QED) is 0.491. The number of aromatic hydroxyl groups is 1. The molecule has 1 aromatic heterocycles. The lowest BCUT2D eigenvalue weighted by Gasteiger charge is -2.11. The molecule has 1 aromatic carbocycles. The van der Waals surface area contributed by atoms with Crippen LogP contribution in [0.4, 0.5) is 5.69 Å². The highest BCUT2D eigenvalue weighted by Crippen LogP contribution is 2.24. The van der Waals surface area contributed by atoms with Crippen molar-refractivity contribution in [2.24, 2.45) is 5.10 Å². The first-order valence-corrected chi connectivity index (χ1v) is 7.13. The number of aromatic nitrogens is 2. The zero-order valence-corrected chi connectivity index (χ0v) is 13.4. The van der Waals surface area contributed by atoms with E-state index in [1.54, 1.807) is 19.1 Å². The van der Waals surface area contributed by atoms with Gasteiger partial charge < -0.3 is 5.11 Å². The number of nitrogens with one attached hydrogen (secondary N) is 1. The minimum atomic E-state index is -0.765. The summed E-state index contributed by atoms with van der Waals surface area (Å²) in [4.78, 5) is 22.6. The lowest BCUT2D eigenvalue weighted by Crippen LogP contribution is -2.28. The van der Waals surface area contributed by atoms with Crippen LogP contribution in [0.2, 0.25) is 0 Å². The molecule has 9 heteroatoms. The molecule has 1 heterocycles. The van der Waals surface area contributed by atoms with Crippen LogP contribution in [-0.4, -0.2) is 31.9 Å². The third kappa shape index (κ3) is 3.57. The van der Waals surface area contributed by atoms with Crippen molar-refractivity contribution in [3.8, 4) is 5.75 Å². The Balaban J connectivity index is 2.10. The molecule has 0 aliphatic heterocycles. The predicted molar refractivity (Wildman–Crippen MR) is 86.9 cm³/mol. The van der Waals surface area contributed by atoms with E-state index in [9.17, 15) is 20.0 Å². The summed E-state index contributed by atoms with van der Waals surface area (Å²) in [7, 11) is 0. The molecule has 1 atom stereocenters. The Morgan fingerprint density at radius 1 is 1.50 bits per heavy atom. The van der Waals surface area contributed by atoms with Gasteiger partial charge in [-0.3, -0.25) is 19.6 Å². The lowest BCUT2D eigenvalue weighted by atomic mass is 10.2. The van der Waals surface area contributed by atoms with Gasteiger partial charge in [0.25, 0.3) is 5.91 Å². The molecule has 126 valence electrons. The molecule has 2 aromatic rings. The highest BCUT2D eigenvalue weighted by Gasteiger charge is 2.26. The van der Waals surface area contributed by atoms with Gasteiger partial charge in [-0.25, -0.2) is 5.43 Å². The second-order valence-corrected chi connectivity index (χ2v) is 5.23. The molecule has 1 unspecified atom stereocenters. The van der Waals surface area contributed by atoms with Crippen molar-refractivity contribution in [2.75, 3.05) is 0 Å². The molecule has 0 fully saturated rings. The number of hydrogen-bond acceptors (Lipinski definition) is 6. The first-order valence-electron chi connectivity index (χ1n) is 7.13. The summed E-state index contributed by atoms with van der Waals surface area (Å²) in [6.45, 7) is 4.63. The Bertz CT molecular complexity index is 812. The van der Waals surface area contributed by atoms with Crippen molar-refractivity contribution in [1.29, 1.82) is 0 Å². The maximum Gasteiger partial charge on any atom is 0.312 e. The van der Waals surface area contributed by atoms with Gasteiger partial charge in [-0.1, -0.05) is 12.1 Å². The van der Waals surface area contributed by atoms with Gasteiger partial charge in [0.05, 0.1) is 11.1 Å². The third-order valence-electron chi connectivity index (χ3n) is 3.47. The van der Waals surface area contributed by atoms with Gasteiger partial charge in [0.1, 0.15) is 23.2 Å². The minimum absolute atomic E-state index is 0.0913. The van der Waals surface area contributed by atoms with Crippen molar-refractivity contribution < 1.29 is 14.8 Å². The maximum atomic E-state index is 12.1. The van der Waals surface area contributed by atoms with Crippen molar-refractivity contribution in [3.63, 3.8) is 0 Å². The van der Waals surface area contributed by atoms with Gasteiger partial charge in [0.15, 0.2) is 0 Å². The number of phenols is 1. The fraction of sp³-hybridized carbons (Fsp3) is 0.267. The Kier molecular flexibility index (Phi) is 4.93. The number of hydrazone groups is 1. The van der Waals surface area contributed by atoms with Crippen molar-refractivity contribution in [2.45, 2.75) is 26.8 Å². The minimum Gasteiger partial charge on any atom is -0.508 e. The van der Waals surface area contributed by atoms with Crippen LogP contribution in [0.3, 0.4) is 0 Å². The first-order chi connectivity index (χ1) is 11.3. The largest absolute Gasteiger partial charge is 0.508 e. The number of carbonyl (C=O) groups excluding carboxylic acids is 1. The molecule has 2 rings (SSSR count). The number of aryl methyl sites for hydroxylation is 1. The van der Waals surface area contributed by atoms with Crippen LogP contribution in [0.1, 0.15) is 29.9 Å². The molecule has 0 spiro atoms. The van der Waals surface area contributed by atoms with Gasteiger partial charge in [0.2, 0.25) is 0 Å². The smallest absolute Gasteiger partial charge is 0.312 e. The fourth-order valence-electron chi connectivity index (χ4n) is 2.28. The molecular weight excluding hydrogens is 314 g/mol. The third-order valence-corrected chi connectivity index (χ3v) is 3.47. The number of nitro groups is 1. The van der Waals surface area contributed by atoms with Gasteiger partial charge in [-0.05, 0) is 38.5 Å². The van der Waals surface area contributed by atoms with Crippen molar-refractivity contribution in [1.82, 2.24) is 15.2 Å². The van der Waals surface area contributed by atoms with E-state index in [0.717, 1.165) is 0 Å². The van der Waals surface area contributed by atoms with E-state index >= 15 is 0 Å². The maximum absolute atomic E-state index is 12.1. The number of hydrogen-bond donors (Lipinski definition) is 2. The normalized spacial score (nSPS) is 12.3. The second kappa shape index (κ2) is 6.90. The molecule has 0 radical (unpaired) electrons. The van der Waals surface area contributed by atoms with Crippen LogP contribution in [0.25, 0.3) is 0 Å². The number of rotatable bonds is 5. The number of amides is 1. The molecule has 1 amide bonds. The van der Waals surface area contributed by atoms with Crippen LogP contribution in [0, 0.1) is 24.0 Å². The summed E-state index contributed by atoms with van der Waals surface area (Å²) < 4.78 is 1.30. The molecule has 24 heavy (non-hydrogen) atoms. The topological polar surface area (TPSA) is 123 Å². The van der Waals surface area contributed by atoms with E-state index in [4.69, 9.17) is 0 Å². The average Bonchev–Trinajstić information content (AvgIpc) is 2.81. The summed E-state index contributed by atoms with van der Waals surface area (Å²) >= 11 is 0. The monoisotopic (exact) mass is 331 g/mol. The fourth-order valence-corrected chi connectivity index (χ4v) is 2.28. The number of phenolic OH excluding ortho intramolecular Hbond substituents is 1. The van der Waals surface area contributed by atoms with Crippen LogP contribution in [-0.2, 0) is 4.79 Å². The van der Waals surface area contributed by atoms with E-state index in [2.05, 4.69) is 15.6 Å². The van der Waals surface area contributed by atoms with Crippen LogP contribution in [0.5, 0.6) is 5.75 Å². The molecular formula is C15H17N5O4. The van der Waals surface area contributed by atoms with Gasteiger partial charge >= 0.3 is 5.69 Å². The SMILES string of the molecule is Cc1nn(C(C)C(=O)N/N=C/c2cccc(O)c2)c(C)c1[N+](=O)[O-]. The molecule has 9 nitrogen and oxygen atoms in total. The summed E-state index contributed by atoms with van der Waals surface area (Å²) in [6, 6.07) is 5.61. The highest BCUT2D eigenvalue weighted by atomic mass is 16.6. The molecule has 0 saturated heterocycles. The Morgan fingerprint density at radius 3 is 2.79 bits per heavy atom. The van der Waals surface area contributed by atoms with E-state index in [-0.39, 0.29) is 17.1 Å². The zero-order valence-electron chi connectivity index (χ0n) is 13.4. The average molecular weight is 331 g/mol. The molecule has 0 saturated carbocycles. The lowest BCUT2D eigenvalue weighted by molar-refractivity contribution is -0.386. The first kappa shape index (κ1) is 17.1. The Morgan fingerprint density at radius 2 is 2.21 bits per heavy atom. The summed E-state index contributed by atoms with van der Waals surface area (Å²) in [5, 5.41) is 28.2. The summed E-state index contributed by atoms with van der Waals surface area (Å²) in [6.07, 6.45) is 1.38. The van der Waals surface area contributed by atoms with Gasteiger partial charge in [-0.15, -0.1) is 0 Å². The van der Waals surface area contributed by atoms with Gasteiger partial charge in [0, 0.05) is 0 Å². The highest BCUT2D eigenvalue weighted by molar-refractivity contribution is 5.84. The second-order valence-electron chi connectivity index (χ2n) is 5.23. The van der Waals surface area contributed by atoms with Crippen LogP contribution in [0.15, 0.2) is 29.4 Å². The molecule has 0 bridgehead atoms. The van der Waals surface area contributed by atoms with Gasteiger partial charge in [-0.2, -0.15) is 10.2 Å². The Labute approximate surface area is 137 Å². The van der Waals surface area contributed by atoms with Crippen molar-refractivity contribution >= 4 is 17.8 Å².